The normalized spacial score (nSPS) is 17.4. The second-order valence-electron chi connectivity index (χ2n) is 4.36. The van der Waals surface area contributed by atoms with E-state index in [4.69, 9.17) is 23.2 Å². The van der Waals surface area contributed by atoms with Gasteiger partial charge < -0.3 is 10.0 Å². The zero-order valence-corrected chi connectivity index (χ0v) is 12.8. The van der Waals surface area contributed by atoms with E-state index in [9.17, 15) is 8.42 Å². The summed E-state index contributed by atoms with van der Waals surface area (Å²) >= 11 is 12.1. The number of halogens is 2. The van der Waals surface area contributed by atoms with E-state index in [-0.39, 0.29) is 15.7 Å². The lowest BCUT2D eigenvalue weighted by atomic mass is 10.2. The van der Waals surface area contributed by atoms with E-state index in [0.717, 1.165) is 18.7 Å². The molecule has 0 bridgehead atoms. The molecule has 2 rings (SSSR count). The van der Waals surface area contributed by atoms with E-state index < -0.39 is 10.2 Å². The Morgan fingerprint density at radius 1 is 1.26 bits per heavy atom. The monoisotopic (exact) mass is 323 g/mol. The smallest absolute Gasteiger partial charge is 0.160 e. The Morgan fingerprint density at radius 2 is 1.89 bits per heavy atom. The van der Waals surface area contributed by atoms with E-state index in [1.54, 1.807) is 19.1 Å². The Balaban J connectivity index is 2.27. The van der Waals surface area contributed by atoms with Crippen molar-refractivity contribution < 1.29 is 13.7 Å². The van der Waals surface area contributed by atoms with Crippen LogP contribution < -0.4 is 5.32 Å². The van der Waals surface area contributed by atoms with Crippen molar-refractivity contribution in [3.8, 4) is 0 Å². The molecule has 8 heteroatoms. The molecular weight excluding hydrogens is 309 g/mol. The standard InChI is InChI=1S/C11H14Cl2N3O2S/c1-8-2-3-9(12)11(10(8)13)15-19(17,18)16-6-4-14-5-7-16/h2-3,14H,4-7H2,1H3/q-1/p+1. The van der Waals surface area contributed by atoms with Gasteiger partial charge in [-0.2, -0.15) is 0 Å². The fourth-order valence-corrected chi connectivity index (χ4v) is 3.62. The molecule has 1 aromatic rings. The maximum atomic E-state index is 12.2. The first-order valence-electron chi connectivity index (χ1n) is 5.91. The number of piperazine rings is 1. The molecule has 1 aliphatic heterocycles. The number of nitrogens with zero attached hydrogens (tertiary/aromatic N) is 2. The summed E-state index contributed by atoms with van der Waals surface area (Å²) in [4.78, 5) is 0. The third-order valence-corrected chi connectivity index (χ3v) is 5.17. The fraction of sp³-hybridized carbons (Fsp3) is 0.455. The molecule has 1 heterocycles. The molecule has 106 valence electrons. The molecule has 0 saturated carbocycles. The van der Waals surface area contributed by atoms with Crippen molar-refractivity contribution in [1.82, 2.24) is 4.31 Å². The molecule has 0 spiro atoms. The predicted molar refractivity (Wildman–Crippen MR) is 76.4 cm³/mol. The van der Waals surface area contributed by atoms with Gasteiger partial charge >= 0.3 is 0 Å². The number of quaternary nitrogens is 1. The Labute approximate surface area is 123 Å². The summed E-state index contributed by atoms with van der Waals surface area (Å²) in [5.74, 6) is 0. The third-order valence-electron chi connectivity index (χ3n) is 2.96. The minimum Gasteiger partial charge on any atom is -0.561 e. The summed E-state index contributed by atoms with van der Waals surface area (Å²) < 4.78 is 29.5. The lowest BCUT2D eigenvalue weighted by Crippen LogP contribution is -2.89. The van der Waals surface area contributed by atoms with E-state index in [0.29, 0.717) is 13.1 Å². The lowest BCUT2D eigenvalue weighted by Gasteiger charge is -2.33. The molecular formula is C11H15Cl2N3O2S. The molecule has 1 fully saturated rings. The van der Waals surface area contributed by atoms with Crippen molar-refractivity contribution in [2.75, 3.05) is 26.2 Å². The summed E-state index contributed by atoms with van der Waals surface area (Å²) in [7, 11) is -3.73. The van der Waals surface area contributed by atoms with E-state index in [2.05, 4.69) is 10.0 Å². The topological polar surface area (TPSA) is 68.1 Å². The van der Waals surface area contributed by atoms with Crippen molar-refractivity contribution in [1.29, 1.82) is 0 Å². The van der Waals surface area contributed by atoms with Crippen LogP contribution in [-0.4, -0.2) is 38.9 Å². The second-order valence-corrected chi connectivity index (χ2v) is 6.74. The van der Waals surface area contributed by atoms with E-state index >= 15 is 0 Å². The highest BCUT2D eigenvalue weighted by molar-refractivity contribution is 7.92. The lowest BCUT2D eigenvalue weighted by molar-refractivity contribution is -0.661. The average molecular weight is 324 g/mol. The fourth-order valence-electron chi connectivity index (χ4n) is 1.86. The molecule has 0 atom stereocenters. The SMILES string of the molecule is Cc1ccc(Cl)c([N-]S(=O)(=O)N2CC[NH2+]CC2)c1Cl. The van der Waals surface area contributed by atoms with Crippen LogP contribution in [0.5, 0.6) is 0 Å². The molecule has 0 aliphatic carbocycles. The van der Waals surface area contributed by atoms with Crippen molar-refractivity contribution >= 4 is 39.1 Å². The molecule has 0 amide bonds. The van der Waals surface area contributed by atoms with E-state index in [1.807, 2.05) is 0 Å². The van der Waals surface area contributed by atoms with Gasteiger partial charge in [0.25, 0.3) is 0 Å². The Kier molecular flexibility index (Phi) is 4.58. The van der Waals surface area contributed by atoms with Gasteiger partial charge in [0.2, 0.25) is 0 Å². The number of benzene rings is 1. The molecule has 0 unspecified atom stereocenters. The Bertz CT molecular complexity index is 572. The number of aryl methyl sites for hydroxylation is 1. The first-order chi connectivity index (χ1) is 8.92. The molecule has 0 aromatic heterocycles. The highest BCUT2D eigenvalue weighted by atomic mass is 35.5. The summed E-state index contributed by atoms with van der Waals surface area (Å²) in [6.07, 6.45) is 0. The highest BCUT2D eigenvalue weighted by Gasteiger charge is 2.20. The third kappa shape index (κ3) is 3.32. The van der Waals surface area contributed by atoms with Gasteiger partial charge in [0, 0.05) is 10.0 Å². The van der Waals surface area contributed by atoms with Gasteiger partial charge in [-0.25, -0.2) is 12.7 Å². The highest BCUT2D eigenvalue weighted by Crippen LogP contribution is 2.40. The van der Waals surface area contributed by atoms with Crippen LogP contribution in [0, 0.1) is 6.92 Å². The van der Waals surface area contributed by atoms with Crippen LogP contribution in [0.1, 0.15) is 5.56 Å². The predicted octanol–water partition coefficient (Wildman–Crippen LogP) is 1.43. The van der Waals surface area contributed by atoms with E-state index in [1.165, 1.54) is 4.31 Å². The van der Waals surface area contributed by atoms with Gasteiger partial charge in [-0.1, -0.05) is 35.0 Å². The number of nitrogens with two attached hydrogens (primary N) is 1. The average Bonchev–Trinajstić information content (AvgIpc) is 2.40. The van der Waals surface area contributed by atoms with Crippen LogP contribution in [-0.2, 0) is 10.2 Å². The molecule has 1 aliphatic rings. The van der Waals surface area contributed by atoms with Gasteiger partial charge in [-0.3, -0.25) is 0 Å². The van der Waals surface area contributed by atoms with Crippen LogP contribution in [0.2, 0.25) is 10.0 Å². The van der Waals surface area contributed by atoms with Gasteiger partial charge in [-0.15, -0.1) is 0 Å². The first kappa shape index (κ1) is 14.9. The zero-order chi connectivity index (χ0) is 14.0. The molecule has 5 nitrogen and oxygen atoms in total. The molecule has 2 N–H and O–H groups in total. The summed E-state index contributed by atoms with van der Waals surface area (Å²) in [6, 6.07) is 3.33. The Morgan fingerprint density at radius 3 is 2.53 bits per heavy atom. The van der Waals surface area contributed by atoms with Crippen molar-refractivity contribution in [3.63, 3.8) is 0 Å². The van der Waals surface area contributed by atoms with Crippen LogP contribution >= 0.6 is 23.2 Å². The number of rotatable bonds is 3. The molecule has 1 aromatic carbocycles. The van der Waals surface area contributed by atoms with Crippen LogP contribution in [0.4, 0.5) is 5.69 Å². The molecule has 0 radical (unpaired) electrons. The number of hydrogen-bond acceptors (Lipinski definition) is 2. The van der Waals surface area contributed by atoms with Gasteiger partial charge in [0.05, 0.1) is 26.2 Å². The second kappa shape index (κ2) is 5.85. The van der Waals surface area contributed by atoms with Crippen molar-refractivity contribution in [2.24, 2.45) is 0 Å². The maximum absolute atomic E-state index is 12.2. The minimum atomic E-state index is -3.73. The molecule has 1 saturated heterocycles. The Hall–Kier alpha value is -0.530. The van der Waals surface area contributed by atoms with Crippen LogP contribution in [0.3, 0.4) is 0 Å². The first-order valence-corrected chi connectivity index (χ1v) is 8.06. The van der Waals surface area contributed by atoms with Crippen LogP contribution in [0.25, 0.3) is 4.72 Å². The minimum absolute atomic E-state index is 0.123. The summed E-state index contributed by atoms with van der Waals surface area (Å²) in [5.41, 5.74) is 0.866. The maximum Gasteiger partial charge on any atom is 0.160 e. The van der Waals surface area contributed by atoms with Crippen molar-refractivity contribution in [3.05, 3.63) is 32.5 Å². The largest absolute Gasteiger partial charge is 0.561 e. The quantitative estimate of drug-likeness (QED) is 0.914. The van der Waals surface area contributed by atoms with Gasteiger partial charge in [-0.05, 0) is 18.6 Å². The zero-order valence-electron chi connectivity index (χ0n) is 10.4. The molecule has 19 heavy (non-hydrogen) atoms. The van der Waals surface area contributed by atoms with Gasteiger partial charge in [0.15, 0.2) is 10.2 Å². The van der Waals surface area contributed by atoms with Crippen molar-refractivity contribution in [2.45, 2.75) is 6.92 Å². The summed E-state index contributed by atoms with van der Waals surface area (Å²) in [5, 5.41) is 2.58. The van der Waals surface area contributed by atoms with Crippen LogP contribution in [0.15, 0.2) is 12.1 Å². The summed E-state index contributed by atoms with van der Waals surface area (Å²) in [6.45, 7) is 4.16. The van der Waals surface area contributed by atoms with Gasteiger partial charge in [0.1, 0.15) is 0 Å². The number of hydrogen-bond donors (Lipinski definition) is 1.